The van der Waals surface area contributed by atoms with Crippen molar-refractivity contribution in [1.29, 1.82) is 0 Å². The molecule has 1 saturated heterocycles. The highest BCUT2D eigenvalue weighted by atomic mass is 16.4. The summed E-state index contributed by atoms with van der Waals surface area (Å²) in [6, 6.07) is 10.3. The molecule has 0 amide bonds. The second-order valence-corrected chi connectivity index (χ2v) is 5.58. The number of pyridine rings is 1. The third-order valence-electron chi connectivity index (χ3n) is 3.98. The summed E-state index contributed by atoms with van der Waals surface area (Å²) in [4.78, 5) is 27.5. The number of carboxylic acids is 2. The lowest BCUT2D eigenvalue weighted by atomic mass is 10.1. The SMILES string of the molecule is CN1CCCC1c1cccnc1.O=C(O)c1ccccc1C(=O)O. The predicted octanol–water partition coefficient (Wildman–Crippen LogP) is 2.93. The number of aromatic carboxylic acids is 2. The van der Waals surface area contributed by atoms with Gasteiger partial charge in [0.05, 0.1) is 11.1 Å². The largest absolute Gasteiger partial charge is 0.478 e. The van der Waals surface area contributed by atoms with Gasteiger partial charge < -0.3 is 10.2 Å². The van der Waals surface area contributed by atoms with E-state index in [1.807, 2.05) is 18.5 Å². The molecule has 2 heterocycles. The van der Waals surface area contributed by atoms with E-state index < -0.39 is 11.9 Å². The lowest BCUT2D eigenvalue weighted by Crippen LogP contribution is -2.17. The first kappa shape index (κ1) is 17.6. The van der Waals surface area contributed by atoms with E-state index in [4.69, 9.17) is 10.2 Å². The van der Waals surface area contributed by atoms with Crippen LogP contribution in [0.25, 0.3) is 0 Å². The minimum absolute atomic E-state index is 0.190. The summed E-state index contributed by atoms with van der Waals surface area (Å²) in [7, 11) is 2.19. The number of carbonyl (C=O) groups is 2. The van der Waals surface area contributed by atoms with Crippen LogP contribution in [0, 0.1) is 0 Å². The molecule has 126 valence electrons. The van der Waals surface area contributed by atoms with Crippen LogP contribution in [0.1, 0.15) is 45.2 Å². The first-order valence-corrected chi connectivity index (χ1v) is 7.66. The molecule has 1 aromatic carbocycles. The van der Waals surface area contributed by atoms with E-state index >= 15 is 0 Å². The molecule has 0 spiro atoms. The summed E-state index contributed by atoms with van der Waals surface area (Å²) in [6.45, 7) is 1.22. The van der Waals surface area contributed by atoms with Crippen LogP contribution < -0.4 is 0 Å². The first-order chi connectivity index (χ1) is 11.5. The predicted molar refractivity (Wildman–Crippen MR) is 89.2 cm³/mol. The number of rotatable bonds is 3. The number of hydrogen-bond acceptors (Lipinski definition) is 4. The quantitative estimate of drug-likeness (QED) is 0.900. The summed E-state index contributed by atoms with van der Waals surface area (Å²) >= 11 is 0. The number of benzene rings is 1. The number of aromatic nitrogens is 1. The normalized spacial score (nSPS) is 17.0. The average Bonchev–Trinajstić information content (AvgIpc) is 3.02. The van der Waals surface area contributed by atoms with E-state index in [2.05, 4.69) is 23.0 Å². The molecule has 0 aliphatic carbocycles. The highest BCUT2D eigenvalue weighted by molar-refractivity contribution is 6.01. The molecule has 2 N–H and O–H groups in total. The molecule has 0 bridgehead atoms. The maximum Gasteiger partial charge on any atom is 0.336 e. The molecule has 1 unspecified atom stereocenters. The molecule has 1 fully saturated rings. The fourth-order valence-corrected chi connectivity index (χ4v) is 2.76. The first-order valence-electron chi connectivity index (χ1n) is 7.66. The standard InChI is InChI=1S/C10H14N2.C8H6O4/c1-12-7-3-5-10(12)9-4-2-6-11-8-9;9-7(10)5-3-1-2-4-6(5)8(11)12/h2,4,6,8,10H,3,5,7H2,1H3;1-4H,(H,9,10)(H,11,12). The molecule has 2 aromatic rings. The fourth-order valence-electron chi connectivity index (χ4n) is 2.76. The van der Waals surface area contributed by atoms with Crippen LogP contribution in [-0.4, -0.2) is 45.6 Å². The van der Waals surface area contributed by atoms with Gasteiger partial charge >= 0.3 is 11.9 Å². The van der Waals surface area contributed by atoms with Crippen LogP contribution in [0.5, 0.6) is 0 Å². The minimum Gasteiger partial charge on any atom is -0.478 e. The van der Waals surface area contributed by atoms with Crippen LogP contribution in [-0.2, 0) is 0 Å². The highest BCUT2D eigenvalue weighted by Gasteiger charge is 2.22. The Kier molecular flexibility index (Phi) is 6.03. The van der Waals surface area contributed by atoms with Gasteiger partial charge in [-0.1, -0.05) is 18.2 Å². The lowest BCUT2D eigenvalue weighted by Gasteiger charge is -2.18. The molecular formula is C18H20N2O4. The zero-order valence-corrected chi connectivity index (χ0v) is 13.4. The van der Waals surface area contributed by atoms with Crippen molar-refractivity contribution in [3.05, 3.63) is 65.5 Å². The fraction of sp³-hybridized carbons (Fsp3) is 0.278. The van der Waals surface area contributed by atoms with E-state index in [0.29, 0.717) is 6.04 Å². The van der Waals surface area contributed by atoms with Gasteiger partial charge in [0, 0.05) is 18.4 Å². The molecule has 1 aliphatic heterocycles. The Labute approximate surface area is 140 Å². The molecule has 1 aromatic heterocycles. The van der Waals surface area contributed by atoms with Gasteiger partial charge in [0.2, 0.25) is 0 Å². The number of likely N-dealkylation sites (tertiary alicyclic amines) is 1. The summed E-state index contributed by atoms with van der Waals surface area (Å²) in [6.07, 6.45) is 6.41. The Morgan fingerprint density at radius 2 is 1.71 bits per heavy atom. The van der Waals surface area contributed by atoms with Crippen molar-refractivity contribution >= 4 is 11.9 Å². The van der Waals surface area contributed by atoms with Crippen molar-refractivity contribution in [2.45, 2.75) is 18.9 Å². The third-order valence-corrected chi connectivity index (χ3v) is 3.98. The monoisotopic (exact) mass is 328 g/mol. The number of carboxylic acid groups (broad SMARTS) is 2. The number of hydrogen-bond donors (Lipinski definition) is 2. The highest BCUT2D eigenvalue weighted by Crippen LogP contribution is 2.29. The van der Waals surface area contributed by atoms with Crippen LogP contribution in [0.15, 0.2) is 48.8 Å². The van der Waals surface area contributed by atoms with E-state index in [9.17, 15) is 9.59 Å². The van der Waals surface area contributed by atoms with Crippen molar-refractivity contribution in [1.82, 2.24) is 9.88 Å². The summed E-state index contributed by atoms with van der Waals surface area (Å²) < 4.78 is 0. The third kappa shape index (κ3) is 4.39. The van der Waals surface area contributed by atoms with Gasteiger partial charge in [-0.2, -0.15) is 0 Å². The Balaban J connectivity index is 0.000000174. The second kappa shape index (κ2) is 8.21. The van der Waals surface area contributed by atoms with Gasteiger partial charge in [-0.05, 0) is 50.2 Å². The van der Waals surface area contributed by atoms with Gasteiger partial charge in [0.1, 0.15) is 0 Å². The summed E-state index contributed by atoms with van der Waals surface area (Å²) in [5, 5.41) is 17.1. The Morgan fingerprint density at radius 1 is 1.08 bits per heavy atom. The van der Waals surface area contributed by atoms with E-state index in [1.54, 1.807) is 0 Å². The second-order valence-electron chi connectivity index (χ2n) is 5.58. The van der Waals surface area contributed by atoms with Crippen molar-refractivity contribution in [2.75, 3.05) is 13.6 Å². The van der Waals surface area contributed by atoms with E-state index in [-0.39, 0.29) is 11.1 Å². The Morgan fingerprint density at radius 3 is 2.12 bits per heavy atom. The van der Waals surface area contributed by atoms with Crippen LogP contribution in [0.2, 0.25) is 0 Å². The summed E-state index contributed by atoms with van der Waals surface area (Å²) in [5.74, 6) is -2.46. The molecule has 24 heavy (non-hydrogen) atoms. The molecule has 1 aliphatic rings. The zero-order valence-electron chi connectivity index (χ0n) is 13.4. The smallest absolute Gasteiger partial charge is 0.336 e. The van der Waals surface area contributed by atoms with Crippen LogP contribution in [0.4, 0.5) is 0 Å². The maximum atomic E-state index is 10.5. The molecule has 1 atom stereocenters. The van der Waals surface area contributed by atoms with Crippen LogP contribution in [0.3, 0.4) is 0 Å². The average molecular weight is 328 g/mol. The van der Waals surface area contributed by atoms with Crippen molar-refractivity contribution in [2.24, 2.45) is 0 Å². The molecule has 0 radical (unpaired) electrons. The Bertz CT molecular complexity index is 670. The summed E-state index contributed by atoms with van der Waals surface area (Å²) in [5.41, 5.74) is 0.979. The van der Waals surface area contributed by atoms with Crippen LogP contribution >= 0.6 is 0 Å². The Hall–Kier alpha value is -2.73. The zero-order chi connectivity index (χ0) is 17.5. The maximum absolute atomic E-state index is 10.5. The van der Waals surface area contributed by atoms with E-state index in [1.165, 1.54) is 49.2 Å². The molecule has 3 rings (SSSR count). The van der Waals surface area contributed by atoms with Crippen molar-refractivity contribution < 1.29 is 19.8 Å². The number of nitrogens with zero attached hydrogens (tertiary/aromatic N) is 2. The minimum atomic E-state index is -1.23. The topological polar surface area (TPSA) is 90.7 Å². The van der Waals surface area contributed by atoms with Gasteiger partial charge in [0.15, 0.2) is 0 Å². The van der Waals surface area contributed by atoms with Crippen molar-refractivity contribution in [3.63, 3.8) is 0 Å². The van der Waals surface area contributed by atoms with E-state index in [0.717, 1.165) is 0 Å². The molecule has 6 nitrogen and oxygen atoms in total. The van der Waals surface area contributed by atoms with Crippen molar-refractivity contribution in [3.8, 4) is 0 Å². The van der Waals surface area contributed by atoms with Gasteiger partial charge in [-0.25, -0.2) is 9.59 Å². The van der Waals surface area contributed by atoms with Gasteiger partial charge in [-0.15, -0.1) is 0 Å². The molecule has 6 heteroatoms. The van der Waals surface area contributed by atoms with Gasteiger partial charge in [0.25, 0.3) is 0 Å². The molecular weight excluding hydrogens is 308 g/mol. The van der Waals surface area contributed by atoms with Gasteiger partial charge in [-0.3, -0.25) is 9.88 Å². The lowest BCUT2D eigenvalue weighted by molar-refractivity contribution is 0.0651. The molecule has 0 saturated carbocycles.